The molecule has 5 nitrogen and oxygen atoms in total. The number of β-lactam (4-membered cyclic amide) rings is 1. The smallest absolute Gasteiger partial charge is 0.347 e. The lowest BCUT2D eigenvalue weighted by Crippen LogP contribution is -2.55. The third kappa shape index (κ3) is 4.00. The minimum atomic E-state index is -1.98. The van der Waals surface area contributed by atoms with Gasteiger partial charge in [-0.3, -0.25) is 4.79 Å². The Bertz CT molecular complexity index is 496. The van der Waals surface area contributed by atoms with Crippen molar-refractivity contribution in [2.45, 2.75) is 58.9 Å². The molecule has 0 unspecified atom stereocenters. The van der Waals surface area contributed by atoms with E-state index >= 15 is 0 Å². The van der Waals surface area contributed by atoms with E-state index in [4.69, 9.17) is 9.16 Å². The highest BCUT2D eigenvalue weighted by Gasteiger charge is 2.46. The van der Waals surface area contributed by atoms with Crippen LogP contribution in [0.4, 0.5) is 0 Å². The highest BCUT2D eigenvalue weighted by molar-refractivity contribution is 9.12. The molecule has 1 rings (SSSR count). The van der Waals surface area contributed by atoms with Gasteiger partial charge in [0, 0.05) is 0 Å². The van der Waals surface area contributed by atoms with E-state index in [9.17, 15) is 9.59 Å². The van der Waals surface area contributed by atoms with Crippen LogP contribution in [0.3, 0.4) is 0 Å². The molecule has 0 radical (unpaired) electrons. The Morgan fingerprint density at radius 3 is 2.36 bits per heavy atom. The van der Waals surface area contributed by atoms with Crippen LogP contribution in [0.25, 0.3) is 0 Å². The van der Waals surface area contributed by atoms with Gasteiger partial charge in [0.1, 0.15) is 10.4 Å². The number of hydrogen-bond acceptors (Lipinski definition) is 4. The maximum Gasteiger partial charge on any atom is 0.347 e. The van der Waals surface area contributed by atoms with Crippen molar-refractivity contribution in [3.8, 4) is 0 Å². The van der Waals surface area contributed by atoms with E-state index in [-0.39, 0.29) is 28.1 Å². The number of carbonyl (C=O) groups excluding carboxylic acids is 2. The molecule has 2 atom stereocenters. The molecule has 1 saturated heterocycles. The Balaban J connectivity index is 2.92. The van der Waals surface area contributed by atoms with Crippen LogP contribution in [-0.2, 0) is 18.8 Å². The van der Waals surface area contributed by atoms with Crippen molar-refractivity contribution in [3.05, 3.63) is 10.2 Å². The standard InChI is InChI=1S/C15H26BrNO4Si/c1-8-20-14(19)11(16)12-10(13(18)17-12)9(2)21-22(6,7)15(3,4)5/h9-10H,8H2,1-7H3,(H,17,18)/b12-11+/t9-,10+/m1/s1. The first kappa shape index (κ1) is 19.4. The van der Waals surface area contributed by atoms with Crippen molar-refractivity contribution in [1.29, 1.82) is 0 Å². The van der Waals surface area contributed by atoms with Gasteiger partial charge in [-0.2, -0.15) is 0 Å². The number of nitrogens with one attached hydrogen (secondary N) is 1. The fourth-order valence-electron chi connectivity index (χ4n) is 1.99. The Morgan fingerprint density at radius 1 is 1.41 bits per heavy atom. The van der Waals surface area contributed by atoms with Crippen molar-refractivity contribution in [2.24, 2.45) is 5.92 Å². The monoisotopic (exact) mass is 391 g/mol. The lowest BCUT2D eigenvalue weighted by atomic mass is 9.91. The van der Waals surface area contributed by atoms with Crippen LogP contribution in [0.1, 0.15) is 34.6 Å². The minimum absolute atomic E-state index is 0.0593. The molecule has 1 N–H and O–H groups in total. The number of carbonyl (C=O) groups is 2. The first-order chi connectivity index (χ1) is 9.92. The van der Waals surface area contributed by atoms with E-state index in [0.29, 0.717) is 5.70 Å². The predicted octanol–water partition coefficient (Wildman–Crippen LogP) is 3.31. The summed E-state index contributed by atoms with van der Waals surface area (Å²) < 4.78 is 11.5. The third-order valence-corrected chi connectivity index (χ3v) is 9.62. The minimum Gasteiger partial charge on any atom is -0.462 e. The zero-order chi connectivity index (χ0) is 17.3. The van der Waals surface area contributed by atoms with Crippen LogP contribution in [0.5, 0.6) is 0 Å². The first-order valence-electron chi connectivity index (χ1n) is 7.47. The zero-order valence-corrected chi connectivity index (χ0v) is 17.0. The lowest BCUT2D eigenvalue weighted by molar-refractivity contribution is -0.138. The molecule has 0 spiro atoms. The van der Waals surface area contributed by atoms with Gasteiger partial charge in [-0.1, -0.05) is 20.8 Å². The number of rotatable bonds is 5. The highest BCUT2D eigenvalue weighted by atomic mass is 79.9. The summed E-state index contributed by atoms with van der Waals surface area (Å²) >= 11 is 3.22. The highest BCUT2D eigenvalue weighted by Crippen LogP contribution is 2.40. The van der Waals surface area contributed by atoms with E-state index in [1.807, 2.05) is 6.92 Å². The van der Waals surface area contributed by atoms with Crippen LogP contribution in [0, 0.1) is 5.92 Å². The number of hydrogen-bond donors (Lipinski definition) is 1. The van der Waals surface area contributed by atoms with Gasteiger partial charge in [-0.15, -0.1) is 0 Å². The summed E-state index contributed by atoms with van der Waals surface area (Å²) in [5.74, 6) is -1.04. The Morgan fingerprint density at radius 2 is 1.95 bits per heavy atom. The summed E-state index contributed by atoms with van der Waals surface area (Å²) in [5, 5.41) is 2.73. The SMILES string of the molecule is CCOC(=O)/C(Br)=C1\NC(=O)[C@H]1[C@@H](C)O[Si](C)(C)C(C)(C)C. The Kier molecular flexibility index (Phi) is 6.03. The van der Waals surface area contributed by atoms with Crippen molar-refractivity contribution < 1.29 is 18.8 Å². The summed E-state index contributed by atoms with van der Waals surface area (Å²) in [6.07, 6.45) is -0.286. The normalized spacial score (nSPS) is 22.5. The maximum atomic E-state index is 11.9. The molecule has 0 bridgehead atoms. The van der Waals surface area contributed by atoms with Gasteiger partial charge in [-0.25, -0.2) is 4.79 Å². The fourth-order valence-corrected chi connectivity index (χ4v) is 3.87. The van der Waals surface area contributed by atoms with Crippen LogP contribution in [0.2, 0.25) is 18.1 Å². The van der Waals surface area contributed by atoms with Crippen molar-refractivity contribution >= 4 is 36.1 Å². The molecule has 1 heterocycles. The quantitative estimate of drug-likeness (QED) is 0.337. The number of amides is 1. The summed E-state index contributed by atoms with van der Waals surface area (Å²) in [6.45, 7) is 14.6. The van der Waals surface area contributed by atoms with E-state index in [0.717, 1.165) is 0 Å². The van der Waals surface area contributed by atoms with E-state index in [2.05, 4.69) is 55.1 Å². The molecule has 0 saturated carbocycles. The molecule has 7 heteroatoms. The average molecular weight is 392 g/mol. The van der Waals surface area contributed by atoms with Gasteiger partial charge in [-0.05, 0) is 47.9 Å². The van der Waals surface area contributed by atoms with Crippen molar-refractivity contribution in [3.63, 3.8) is 0 Å². The second kappa shape index (κ2) is 6.84. The molecular weight excluding hydrogens is 366 g/mol. The van der Waals surface area contributed by atoms with Gasteiger partial charge < -0.3 is 14.5 Å². The number of ether oxygens (including phenoxy) is 1. The largest absolute Gasteiger partial charge is 0.462 e. The summed E-state index contributed by atoms with van der Waals surface area (Å²) in [5.41, 5.74) is 0.551. The van der Waals surface area contributed by atoms with Gasteiger partial charge in [0.15, 0.2) is 8.32 Å². The molecule has 0 aromatic carbocycles. The van der Waals surface area contributed by atoms with Crippen molar-refractivity contribution in [2.75, 3.05) is 6.61 Å². The molecule has 1 fully saturated rings. The second-order valence-corrected chi connectivity index (χ2v) is 12.5. The second-order valence-electron chi connectivity index (χ2n) is 7.00. The number of esters is 1. The molecule has 0 aromatic heterocycles. The molecule has 0 aliphatic carbocycles. The predicted molar refractivity (Wildman–Crippen MR) is 92.0 cm³/mol. The van der Waals surface area contributed by atoms with Gasteiger partial charge in [0.25, 0.3) is 0 Å². The van der Waals surface area contributed by atoms with Crippen LogP contribution < -0.4 is 5.32 Å². The van der Waals surface area contributed by atoms with Gasteiger partial charge in [0.2, 0.25) is 5.91 Å². The topological polar surface area (TPSA) is 64.6 Å². The van der Waals surface area contributed by atoms with E-state index in [1.54, 1.807) is 6.92 Å². The van der Waals surface area contributed by atoms with Gasteiger partial charge in [0.05, 0.1) is 18.4 Å². The zero-order valence-electron chi connectivity index (χ0n) is 14.4. The summed E-state index contributed by atoms with van der Waals surface area (Å²) in [4.78, 5) is 23.7. The fraction of sp³-hybridized carbons (Fsp3) is 0.733. The molecule has 1 aliphatic rings. The Labute approximate surface area is 142 Å². The molecule has 1 aliphatic heterocycles. The lowest BCUT2D eigenvalue weighted by Gasteiger charge is -2.43. The third-order valence-electron chi connectivity index (χ3n) is 4.30. The maximum absolute atomic E-state index is 11.9. The van der Waals surface area contributed by atoms with Crippen LogP contribution >= 0.6 is 15.9 Å². The molecule has 22 heavy (non-hydrogen) atoms. The molecule has 0 aromatic rings. The van der Waals surface area contributed by atoms with Crippen molar-refractivity contribution in [1.82, 2.24) is 5.32 Å². The summed E-state index contributed by atoms with van der Waals surface area (Å²) in [7, 11) is -1.98. The summed E-state index contributed by atoms with van der Waals surface area (Å²) in [6, 6.07) is 0. The molecule has 126 valence electrons. The van der Waals surface area contributed by atoms with E-state index in [1.165, 1.54) is 0 Å². The van der Waals surface area contributed by atoms with E-state index < -0.39 is 20.2 Å². The van der Waals surface area contributed by atoms with Crippen LogP contribution in [0.15, 0.2) is 10.2 Å². The Hall–Kier alpha value is -0.663. The average Bonchev–Trinajstić information content (AvgIpc) is 2.32. The van der Waals surface area contributed by atoms with Gasteiger partial charge >= 0.3 is 5.97 Å². The first-order valence-corrected chi connectivity index (χ1v) is 11.2. The number of halogens is 1. The molecule has 1 amide bonds. The molecular formula is C15H26BrNO4Si. The van der Waals surface area contributed by atoms with Crippen LogP contribution in [-0.4, -0.2) is 32.9 Å².